The van der Waals surface area contributed by atoms with E-state index in [1.165, 1.54) is 30.2 Å². The van der Waals surface area contributed by atoms with Crippen LogP contribution >= 0.6 is 34.9 Å². The summed E-state index contributed by atoms with van der Waals surface area (Å²) < 4.78 is 6.56. The molecule has 96 valence electrons. The Hall–Kier alpha value is -0.310. The summed E-state index contributed by atoms with van der Waals surface area (Å²) in [6.45, 7) is 1.81. The molecule has 0 spiro atoms. The number of likely N-dealkylation sites (N-methyl/N-ethyl adjacent to an activating group) is 1. The molecule has 0 fully saturated rings. The lowest BCUT2D eigenvalue weighted by Gasteiger charge is -2.24. The first-order valence-corrected chi connectivity index (χ1v) is 7.86. The average molecular weight is 293 g/mol. The van der Waals surface area contributed by atoms with Crippen molar-refractivity contribution in [3.05, 3.63) is 0 Å². The number of ether oxygens (including phenoxy) is 1. The fraction of sp³-hybridized carbons (Fsp3) is 0.667. The van der Waals surface area contributed by atoms with Gasteiger partial charge < -0.3 is 10.1 Å². The second-order valence-electron chi connectivity index (χ2n) is 3.40. The summed E-state index contributed by atoms with van der Waals surface area (Å²) in [6.07, 6.45) is 1.96. The van der Waals surface area contributed by atoms with Crippen molar-refractivity contribution in [2.24, 2.45) is 0 Å². The quantitative estimate of drug-likeness (QED) is 0.630. The zero-order valence-electron chi connectivity index (χ0n) is 10.1. The zero-order chi connectivity index (χ0) is 12.9. The number of aromatic nitrogens is 2. The first-order chi connectivity index (χ1) is 8.05. The minimum atomic E-state index is -0.704. The van der Waals surface area contributed by atoms with Crippen LogP contribution in [-0.4, -0.2) is 47.9 Å². The molecule has 0 saturated heterocycles. The average Bonchev–Trinajstić information content (AvgIpc) is 2.82. The second-order valence-corrected chi connectivity index (χ2v) is 6.65. The Bertz CT molecular complexity index is 385. The van der Waals surface area contributed by atoms with Crippen LogP contribution in [0.2, 0.25) is 0 Å². The predicted octanol–water partition coefficient (Wildman–Crippen LogP) is 1.50. The largest absolute Gasteiger partial charge is 0.468 e. The van der Waals surface area contributed by atoms with Crippen LogP contribution in [0, 0.1) is 0 Å². The topological polar surface area (TPSA) is 64.1 Å². The molecule has 0 radical (unpaired) electrons. The molecule has 1 unspecified atom stereocenters. The molecule has 0 aromatic carbocycles. The van der Waals surface area contributed by atoms with Gasteiger partial charge in [-0.3, -0.25) is 4.79 Å². The fourth-order valence-corrected chi connectivity index (χ4v) is 3.59. The minimum Gasteiger partial charge on any atom is -0.468 e. The van der Waals surface area contributed by atoms with Gasteiger partial charge in [0.1, 0.15) is 5.54 Å². The summed E-state index contributed by atoms with van der Waals surface area (Å²) >= 11 is 4.59. The van der Waals surface area contributed by atoms with Crippen molar-refractivity contribution in [3.8, 4) is 0 Å². The van der Waals surface area contributed by atoms with Crippen LogP contribution in [-0.2, 0) is 9.53 Å². The number of hydrogen-bond donors (Lipinski definition) is 1. The first kappa shape index (κ1) is 14.7. The Balaban J connectivity index is 2.61. The lowest BCUT2D eigenvalue weighted by atomic mass is 10.1. The van der Waals surface area contributed by atoms with Crippen LogP contribution < -0.4 is 5.32 Å². The number of carbonyl (C=O) groups excluding carboxylic acids is 1. The molecule has 0 amide bonds. The molecule has 1 atom stereocenters. The van der Waals surface area contributed by atoms with Crippen molar-refractivity contribution in [1.82, 2.24) is 15.5 Å². The molecule has 8 heteroatoms. The second kappa shape index (κ2) is 6.58. The van der Waals surface area contributed by atoms with Gasteiger partial charge in [-0.15, -0.1) is 10.2 Å². The number of esters is 1. The van der Waals surface area contributed by atoms with Gasteiger partial charge in [0.05, 0.1) is 7.11 Å². The summed E-state index contributed by atoms with van der Waals surface area (Å²) in [5, 5.41) is 11.0. The molecule has 5 nitrogen and oxygen atoms in total. The third-order valence-electron chi connectivity index (χ3n) is 2.23. The highest BCUT2D eigenvalue weighted by Gasteiger charge is 2.33. The third-order valence-corrected chi connectivity index (χ3v) is 5.58. The van der Waals surface area contributed by atoms with E-state index in [1.54, 1.807) is 18.8 Å². The number of hydrogen-bond acceptors (Lipinski definition) is 8. The highest BCUT2D eigenvalue weighted by Crippen LogP contribution is 2.29. The summed E-state index contributed by atoms with van der Waals surface area (Å²) in [4.78, 5) is 11.6. The van der Waals surface area contributed by atoms with Crippen LogP contribution in [0.5, 0.6) is 0 Å². The number of nitrogens with zero attached hydrogens (tertiary/aromatic N) is 2. The molecule has 0 bridgehead atoms. The SMILES string of the molecule is CNC(C)(CSc1nnc(SC)s1)C(=O)OC. The number of rotatable bonds is 6. The molecule has 0 aliphatic rings. The zero-order valence-corrected chi connectivity index (χ0v) is 12.6. The Morgan fingerprint density at radius 1 is 1.53 bits per heavy atom. The van der Waals surface area contributed by atoms with E-state index >= 15 is 0 Å². The fourth-order valence-electron chi connectivity index (χ4n) is 1.00. The van der Waals surface area contributed by atoms with Gasteiger partial charge in [0, 0.05) is 5.75 Å². The normalized spacial score (nSPS) is 14.4. The van der Waals surface area contributed by atoms with E-state index in [0.717, 1.165) is 8.68 Å². The number of thioether (sulfide) groups is 2. The molecule has 1 rings (SSSR count). The maximum absolute atomic E-state index is 11.6. The van der Waals surface area contributed by atoms with E-state index in [1.807, 2.05) is 13.2 Å². The summed E-state index contributed by atoms with van der Waals surface area (Å²) in [5.74, 6) is 0.279. The van der Waals surface area contributed by atoms with Gasteiger partial charge >= 0.3 is 5.97 Å². The van der Waals surface area contributed by atoms with E-state index in [9.17, 15) is 4.79 Å². The molecular formula is C9H15N3O2S3. The number of carbonyl (C=O) groups is 1. The summed E-state index contributed by atoms with van der Waals surface area (Å²) in [6, 6.07) is 0. The first-order valence-electron chi connectivity index (χ1n) is 4.83. The van der Waals surface area contributed by atoms with E-state index in [-0.39, 0.29) is 5.97 Å². The summed E-state index contributed by atoms with van der Waals surface area (Å²) in [7, 11) is 3.13. The Kier molecular flexibility index (Phi) is 5.71. The molecular weight excluding hydrogens is 278 g/mol. The molecule has 0 saturated carbocycles. The predicted molar refractivity (Wildman–Crippen MR) is 71.9 cm³/mol. The molecule has 1 heterocycles. The lowest BCUT2D eigenvalue weighted by Crippen LogP contribution is -2.50. The standard InChI is InChI=1S/C9H15N3O2S3/c1-9(10-2,6(13)14-3)5-16-8-12-11-7(15-4)17-8/h10H,5H2,1-4H3. The van der Waals surface area contributed by atoms with Gasteiger partial charge in [-0.1, -0.05) is 34.9 Å². The Morgan fingerprint density at radius 3 is 2.65 bits per heavy atom. The maximum Gasteiger partial charge on any atom is 0.326 e. The summed E-state index contributed by atoms with van der Waals surface area (Å²) in [5.41, 5.74) is -0.704. The molecule has 17 heavy (non-hydrogen) atoms. The van der Waals surface area contributed by atoms with E-state index in [4.69, 9.17) is 4.74 Å². The van der Waals surface area contributed by atoms with Crippen LogP contribution in [0.15, 0.2) is 8.68 Å². The van der Waals surface area contributed by atoms with Crippen LogP contribution in [0.4, 0.5) is 0 Å². The van der Waals surface area contributed by atoms with Gasteiger partial charge in [0.25, 0.3) is 0 Å². The number of methoxy groups -OCH3 is 1. The monoisotopic (exact) mass is 293 g/mol. The molecule has 0 aliphatic carbocycles. The van der Waals surface area contributed by atoms with Gasteiger partial charge in [0.15, 0.2) is 8.68 Å². The molecule has 1 N–H and O–H groups in total. The number of nitrogens with one attached hydrogen (secondary N) is 1. The van der Waals surface area contributed by atoms with Gasteiger partial charge in [-0.25, -0.2) is 0 Å². The molecule has 1 aromatic heterocycles. The highest BCUT2D eigenvalue weighted by atomic mass is 32.2. The van der Waals surface area contributed by atoms with E-state index in [2.05, 4.69) is 15.5 Å². The smallest absolute Gasteiger partial charge is 0.326 e. The molecule has 0 aliphatic heterocycles. The van der Waals surface area contributed by atoms with Crippen LogP contribution in [0.1, 0.15) is 6.92 Å². The van der Waals surface area contributed by atoms with Crippen molar-refractivity contribution in [3.63, 3.8) is 0 Å². The maximum atomic E-state index is 11.6. The minimum absolute atomic E-state index is 0.276. The Labute approximate surface area is 113 Å². The van der Waals surface area contributed by atoms with Crippen molar-refractivity contribution >= 4 is 40.8 Å². The van der Waals surface area contributed by atoms with Gasteiger partial charge in [-0.05, 0) is 20.2 Å². The highest BCUT2D eigenvalue weighted by molar-refractivity contribution is 8.03. The van der Waals surface area contributed by atoms with Gasteiger partial charge in [-0.2, -0.15) is 0 Å². The van der Waals surface area contributed by atoms with Crippen molar-refractivity contribution in [2.75, 3.05) is 26.2 Å². The lowest BCUT2D eigenvalue weighted by molar-refractivity contribution is -0.146. The van der Waals surface area contributed by atoms with Gasteiger partial charge in [0.2, 0.25) is 0 Å². The van der Waals surface area contributed by atoms with Crippen LogP contribution in [0.25, 0.3) is 0 Å². The van der Waals surface area contributed by atoms with Crippen molar-refractivity contribution in [1.29, 1.82) is 0 Å². The van der Waals surface area contributed by atoms with E-state index in [0.29, 0.717) is 5.75 Å². The molecule has 1 aromatic rings. The van der Waals surface area contributed by atoms with Crippen LogP contribution in [0.3, 0.4) is 0 Å². The van der Waals surface area contributed by atoms with Crippen molar-refractivity contribution < 1.29 is 9.53 Å². The third kappa shape index (κ3) is 3.84. The Morgan fingerprint density at radius 2 is 2.18 bits per heavy atom. The van der Waals surface area contributed by atoms with E-state index < -0.39 is 5.54 Å². The van der Waals surface area contributed by atoms with Crippen molar-refractivity contribution in [2.45, 2.75) is 21.1 Å².